The van der Waals surface area contributed by atoms with Crippen molar-refractivity contribution in [1.29, 1.82) is 0 Å². The Bertz CT molecular complexity index is 830. The van der Waals surface area contributed by atoms with E-state index in [4.69, 9.17) is 4.74 Å². The molecular formula is C18H19F4N3O2. The lowest BCUT2D eigenvalue weighted by molar-refractivity contribution is -0.143. The topological polar surface area (TPSA) is 47.4 Å². The fraction of sp³-hybridized carbons (Fsp3) is 0.444. The minimum absolute atomic E-state index is 0.159. The minimum atomic E-state index is -4.40. The highest BCUT2D eigenvalue weighted by molar-refractivity contribution is 5.94. The van der Waals surface area contributed by atoms with E-state index in [0.29, 0.717) is 29.1 Å². The number of hydrogen-bond donors (Lipinski definition) is 0. The van der Waals surface area contributed by atoms with Crippen LogP contribution in [0.2, 0.25) is 0 Å². The van der Waals surface area contributed by atoms with Gasteiger partial charge in [-0.1, -0.05) is 0 Å². The van der Waals surface area contributed by atoms with Crippen molar-refractivity contribution in [2.75, 3.05) is 19.8 Å². The zero-order valence-corrected chi connectivity index (χ0v) is 14.9. The molecule has 2 aromatic rings. The molecule has 27 heavy (non-hydrogen) atoms. The number of amides is 1. The zero-order chi connectivity index (χ0) is 19.8. The van der Waals surface area contributed by atoms with Gasteiger partial charge >= 0.3 is 6.18 Å². The number of carbonyl (C=O) groups is 1. The number of rotatable bonds is 3. The maximum atomic E-state index is 13.1. The van der Waals surface area contributed by atoms with Gasteiger partial charge < -0.3 is 9.64 Å². The van der Waals surface area contributed by atoms with E-state index in [9.17, 15) is 22.4 Å². The van der Waals surface area contributed by atoms with E-state index in [2.05, 4.69) is 5.10 Å². The van der Waals surface area contributed by atoms with Crippen LogP contribution < -0.4 is 0 Å². The highest BCUT2D eigenvalue weighted by atomic mass is 19.4. The van der Waals surface area contributed by atoms with Crippen molar-refractivity contribution in [2.24, 2.45) is 0 Å². The van der Waals surface area contributed by atoms with E-state index < -0.39 is 24.6 Å². The van der Waals surface area contributed by atoms with Crippen molar-refractivity contribution in [2.45, 2.75) is 32.6 Å². The van der Waals surface area contributed by atoms with Crippen LogP contribution in [0.15, 0.2) is 24.3 Å². The summed E-state index contributed by atoms with van der Waals surface area (Å²) in [5.74, 6) is -0.782. The molecule has 0 unspecified atom stereocenters. The van der Waals surface area contributed by atoms with E-state index in [1.807, 2.05) is 0 Å². The summed E-state index contributed by atoms with van der Waals surface area (Å²) < 4.78 is 57.9. The molecule has 0 spiro atoms. The number of carbonyl (C=O) groups excluding carboxylic acids is 1. The lowest BCUT2D eigenvalue weighted by Gasteiger charge is -2.36. The predicted molar refractivity (Wildman–Crippen MR) is 88.8 cm³/mol. The lowest BCUT2D eigenvalue weighted by atomic mass is 10.0. The molecule has 1 fully saturated rings. The highest BCUT2D eigenvalue weighted by Gasteiger charge is 2.35. The number of alkyl halides is 3. The highest BCUT2D eigenvalue weighted by Crippen LogP contribution is 2.31. The molecule has 0 radical (unpaired) electrons. The van der Waals surface area contributed by atoms with Crippen LogP contribution in [0.4, 0.5) is 17.6 Å². The predicted octanol–water partition coefficient (Wildman–Crippen LogP) is 3.42. The maximum absolute atomic E-state index is 13.1. The second-order valence-corrected chi connectivity index (χ2v) is 6.45. The van der Waals surface area contributed by atoms with Crippen molar-refractivity contribution in [3.8, 4) is 0 Å². The van der Waals surface area contributed by atoms with Crippen molar-refractivity contribution in [1.82, 2.24) is 14.7 Å². The molecule has 0 N–H and O–H groups in total. The first kappa shape index (κ1) is 19.3. The summed E-state index contributed by atoms with van der Waals surface area (Å²) >= 11 is 0. The Hall–Kier alpha value is -2.42. The van der Waals surface area contributed by atoms with Crippen molar-refractivity contribution in [3.05, 3.63) is 52.6 Å². The van der Waals surface area contributed by atoms with E-state index in [0.717, 1.165) is 4.68 Å². The normalized spacial score (nSPS) is 18.0. The number of nitrogens with zero attached hydrogens (tertiary/aromatic N) is 3. The van der Waals surface area contributed by atoms with Gasteiger partial charge in [-0.3, -0.25) is 9.48 Å². The number of benzene rings is 1. The molecule has 1 atom stereocenters. The van der Waals surface area contributed by atoms with E-state index in [1.165, 1.54) is 24.3 Å². The Labute approximate surface area is 153 Å². The van der Waals surface area contributed by atoms with Crippen LogP contribution in [0.5, 0.6) is 0 Å². The van der Waals surface area contributed by atoms with Gasteiger partial charge in [0.2, 0.25) is 0 Å². The minimum Gasteiger partial charge on any atom is -0.377 e. The molecule has 1 saturated heterocycles. The van der Waals surface area contributed by atoms with E-state index in [-0.39, 0.29) is 19.1 Å². The molecule has 3 rings (SSSR count). The Kier molecular flexibility index (Phi) is 5.23. The standard InChI is InChI=1S/C18H19F4N3O2/c1-11-16(12(2)25(23-11)10-18(20,21)22)15-9-27-8-7-24(15)17(26)13-3-5-14(19)6-4-13/h3-6,15H,7-10H2,1-2H3/t15-/m1/s1. The third-order valence-electron chi connectivity index (χ3n) is 4.58. The summed E-state index contributed by atoms with van der Waals surface area (Å²) in [4.78, 5) is 14.4. The zero-order valence-electron chi connectivity index (χ0n) is 14.9. The van der Waals surface area contributed by atoms with Gasteiger partial charge in [-0.15, -0.1) is 0 Å². The van der Waals surface area contributed by atoms with Crippen LogP contribution in [0, 0.1) is 19.7 Å². The molecular weight excluding hydrogens is 366 g/mol. The number of halogens is 4. The Morgan fingerprint density at radius 1 is 1.26 bits per heavy atom. The van der Waals surface area contributed by atoms with Crippen LogP contribution in [-0.2, 0) is 11.3 Å². The SMILES string of the molecule is Cc1nn(CC(F)(F)F)c(C)c1[C@H]1COCCN1C(=O)c1ccc(F)cc1. The van der Waals surface area contributed by atoms with Crippen molar-refractivity contribution in [3.63, 3.8) is 0 Å². The van der Waals surface area contributed by atoms with Crippen LogP contribution in [0.25, 0.3) is 0 Å². The van der Waals surface area contributed by atoms with Gasteiger partial charge in [-0.25, -0.2) is 4.39 Å². The molecule has 0 saturated carbocycles. The Morgan fingerprint density at radius 3 is 2.56 bits per heavy atom. The lowest BCUT2D eigenvalue weighted by Crippen LogP contribution is -2.43. The Balaban J connectivity index is 1.94. The third-order valence-corrected chi connectivity index (χ3v) is 4.58. The van der Waals surface area contributed by atoms with Crippen LogP contribution >= 0.6 is 0 Å². The summed E-state index contributed by atoms with van der Waals surface area (Å²) in [6, 6.07) is 4.60. The van der Waals surface area contributed by atoms with Gasteiger partial charge in [-0.05, 0) is 38.1 Å². The molecule has 1 amide bonds. The van der Waals surface area contributed by atoms with E-state index >= 15 is 0 Å². The molecule has 9 heteroatoms. The third kappa shape index (κ3) is 4.13. The largest absolute Gasteiger partial charge is 0.408 e. The summed E-state index contributed by atoms with van der Waals surface area (Å²) in [5, 5.41) is 4.00. The first-order valence-electron chi connectivity index (χ1n) is 8.42. The number of aryl methyl sites for hydroxylation is 1. The molecule has 2 heterocycles. The summed E-state index contributed by atoms with van der Waals surface area (Å²) in [7, 11) is 0. The Morgan fingerprint density at radius 2 is 1.93 bits per heavy atom. The first-order chi connectivity index (χ1) is 12.7. The summed E-state index contributed by atoms with van der Waals surface area (Å²) in [6.07, 6.45) is -4.40. The fourth-order valence-corrected chi connectivity index (χ4v) is 3.36. The number of hydrogen-bond acceptors (Lipinski definition) is 3. The van der Waals surface area contributed by atoms with Gasteiger partial charge in [0.25, 0.3) is 5.91 Å². The molecule has 1 aromatic heterocycles. The van der Waals surface area contributed by atoms with Gasteiger partial charge in [0.05, 0.1) is 24.9 Å². The number of morpholine rings is 1. The average molecular weight is 385 g/mol. The van der Waals surface area contributed by atoms with Crippen LogP contribution in [-0.4, -0.2) is 46.5 Å². The summed E-state index contributed by atoms with van der Waals surface area (Å²) in [5.41, 5.74) is 1.62. The molecule has 0 aliphatic carbocycles. The molecule has 0 bridgehead atoms. The van der Waals surface area contributed by atoms with Gasteiger partial charge in [0.15, 0.2) is 0 Å². The van der Waals surface area contributed by atoms with Crippen LogP contribution in [0.3, 0.4) is 0 Å². The number of ether oxygens (including phenoxy) is 1. The molecule has 5 nitrogen and oxygen atoms in total. The van der Waals surface area contributed by atoms with Gasteiger partial charge in [0.1, 0.15) is 12.4 Å². The van der Waals surface area contributed by atoms with Crippen molar-refractivity contribution >= 4 is 5.91 Å². The van der Waals surface area contributed by atoms with E-state index in [1.54, 1.807) is 18.7 Å². The number of aromatic nitrogens is 2. The molecule has 146 valence electrons. The molecule has 1 aliphatic heterocycles. The quantitative estimate of drug-likeness (QED) is 0.761. The molecule has 1 aromatic carbocycles. The summed E-state index contributed by atoms with van der Waals surface area (Å²) in [6.45, 7) is 2.73. The first-order valence-corrected chi connectivity index (χ1v) is 8.42. The molecule has 1 aliphatic rings. The van der Waals surface area contributed by atoms with Gasteiger partial charge in [0, 0.05) is 23.4 Å². The van der Waals surface area contributed by atoms with Gasteiger partial charge in [-0.2, -0.15) is 18.3 Å². The van der Waals surface area contributed by atoms with Crippen LogP contribution in [0.1, 0.15) is 33.4 Å². The second kappa shape index (κ2) is 7.30. The average Bonchev–Trinajstić information content (AvgIpc) is 2.87. The monoisotopic (exact) mass is 385 g/mol. The smallest absolute Gasteiger partial charge is 0.377 e. The maximum Gasteiger partial charge on any atom is 0.408 e. The van der Waals surface area contributed by atoms with Crippen molar-refractivity contribution < 1.29 is 27.1 Å². The second-order valence-electron chi connectivity index (χ2n) is 6.45. The fourth-order valence-electron chi connectivity index (χ4n) is 3.36.